The first kappa shape index (κ1) is 13.1. The third-order valence-corrected chi connectivity index (χ3v) is 2.30. The molecule has 1 aromatic carbocycles. The van der Waals surface area contributed by atoms with Gasteiger partial charge in [0.15, 0.2) is 0 Å². The van der Waals surface area contributed by atoms with Gasteiger partial charge in [0.1, 0.15) is 12.0 Å². The molecule has 1 nitrogen and oxygen atoms in total. The van der Waals surface area contributed by atoms with Crippen molar-refractivity contribution in [2.75, 3.05) is 6.54 Å². The van der Waals surface area contributed by atoms with Crippen LogP contribution in [0.25, 0.3) is 0 Å². The van der Waals surface area contributed by atoms with Gasteiger partial charge in [-0.1, -0.05) is 17.7 Å². The molecule has 0 heterocycles. The van der Waals surface area contributed by atoms with E-state index in [0.717, 1.165) is 5.56 Å². The molecule has 0 radical (unpaired) electrons. The van der Waals surface area contributed by atoms with Crippen molar-refractivity contribution in [1.82, 2.24) is 5.32 Å². The summed E-state index contributed by atoms with van der Waals surface area (Å²) in [5.41, 5.74) is 0.844. The van der Waals surface area contributed by atoms with Gasteiger partial charge in [-0.15, -0.1) is 0 Å². The summed E-state index contributed by atoms with van der Waals surface area (Å²) in [6.45, 7) is 7.81. The molecule has 1 rings (SSSR count). The zero-order valence-electron chi connectivity index (χ0n) is 10.3. The predicted molar refractivity (Wildman–Crippen MR) is 62.7 cm³/mol. The number of rotatable bonds is 3. The van der Waals surface area contributed by atoms with E-state index in [-0.39, 0.29) is 17.6 Å². The highest BCUT2D eigenvalue weighted by Gasteiger charge is 2.17. The maximum atomic E-state index is 13.8. The number of alkyl halides is 1. The lowest BCUT2D eigenvalue weighted by Gasteiger charge is -2.22. The molecule has 0 spiro atoms. The Kier molecular flexibility index (Phi) is 4.03. The van der Waals surface area contributed by atoms with Gasteiger partial charge in [0, 0.05) is 17.6 Å². The van der Waals surface area contributed by atoms with Crippen LogP contribution in [0.1, 0.15) is 38.1 Å². The Balaban J connectivity index is 2.73. The molecule has 0 aliphatic rings. The Bertz CT molecular complexity index is 355. The molecule has 0 amide bonds. The summed E-state index contributed by atoms with van der Waals surface area (Å²) in [6, 6.07) is 4.52. The van der Waals surface area contributed by atoms with E-state index in [9.17, 15) is 8.78 Å². The van der Waals surface area contributed by atoms with Crippen LogP contribution in [0.2, 0.25) is 0 Å². The summed E-state index contributed by atoms with van der Waals surface area (Å²) in [6.07, 6.45) is -1.31. The normalized spacial score (nSPS) is 13.9. The monoisotopic (exact) mass is 227 g/mol. The molecule has 1 aromatic rings. The number of aryl methyl sites for hydroxylation is 1. The molecule has 0 aromatic heterocycles. The van der Waals surface area contributed by atoms with E-state index < -0.39 is 12.0 Å². The second-order valence-electron chi connectivity index (χ2n) is 5.12. The molecule has 3 heteroatoms. The average Bonchev–Trinajstić information content (AvgIpc) is 2.17. The van der Waals surface area contributed by atoms with Gasteiger partial charge in [-0.2, -0.15) is 0 Å². The summed E-state index contributed by atoms with van der Waals surface area (Å²) in [5, 5.41) is 3.03. The van der Waals surface area contributed by atoms with Crippen molar-refractivity contribution in [3.8, 4) is 0 Å². The molecule has 1 N–H and O–H groups in total. The molecule has 16 heavy (non-hydrogen) atoms. The predicted octanol–water partition coefficient (Wildman–Crippen LogP) is 3.53. The Morgan fingerprint density at radius 1 is 1.31 bits per heavy atom. The van der Waals surface area contributed by atoms with Crippen LogP contribution in [0, 0.1) is 12.7 Å². The maximum Gasteiger partial charge on any atom is 0.140 e. The Morgan fingerprint density at radius 2 is 1.94 bits per heavy atom. The molecule has 90 valence electrons. The lowest BCUT2D eigenvalue weighted by molar-refractivity contribution is 0.285. The van der Waals surface area contributed by atoms with Crippen LogP contribution in [-0.4, -0.2) is 12.1 Å². The third-order valence-electron chi connectivity index (χ3n) is 2.30. The first-order chi connectivity index (χ1) is 7.29. The van der Waals surface area contributed by atoms with Crippen molar-refractivity contribution in [3.05, 3.63) is 35.1 Å². The van der Waals surface area contributed by atoms with Crippen molar-refractivity contribution >= 4 is 0 Å². The molecule has 0 aliphatic carbocycles. The van der Waals surface area contributed by atoms with Gasteiger partial charge in [0.2, 0.25) is 0 Å². The fourth-order valence-electron chi connectivity index (χ4n) is 1.41. The van der Waals surface area contributed by atoms with E-state index in [1.807, 2.05) is 27.7 Å². The minimum absolute atomic E-state index is 0.129. The van der Waals surface area contributed by atoms with Gasteiger partial charge in [-0.3, -0.25) is 0 Å². The lowest BCUT2D eigenvalue weighted by atomic mass is 10.0. The molecule has 1 unspecified atom stereocenters. The summed E-state index contributed by atoms with van der Waals surface area (Å²) < 4.78 is 27.2. The molecule has 1 atom stereocenters. The number of benzene rings is 1. The highest BCUT2D eigenvalue weighted by atomic mass is 19.1. The van der Waals surface area contributed by atoms with Crippen LogP contribution in [-0.2, 0) is 0 Å². The molecular formula is C13H19F2N. The molecule has 0 aliphatic heterocycles. The van der Waals surface area contributed by atoms with E-state index >= 15 is 0 Å². The second kappa shape index (κ2) is 4.91. The second-order valence-corrected chi connectivity index (χ2v) is 5.12. The Morgan fingerprint density at radius 3 is 2.50 bits per heavy atom. The van der Waals surface area contributed by atoms with E-state index in [1.54, 1.807) is 12.1 Å². The topological polar surface area (TPSA) is 12.0 Å². The standard InChI is InChI=1S/C13H19F2N/c1-9-5-6-11(14)10(7-9)12(15)8-16-13(2,3)4/h5-7,12,16H,8H2,1-4H3. The van der Waals surface area contributed by atoms with E-state index in [0.29, 0.717) is 0 Å². The van der Waals surface area contributed by atoms with E-state index in [2.05, 4.69) is 5.32 Å². The molecule has 0 saturated carbocycles. The van der Waals surface area contributed by atoms with Gasteiger partial charge in [-0.25, -0.2) is 8.78 Å². The Labute approximate surface area is 95.9 Å². The van der Waals surface area contributed by atoms with E-state index in [4.69, 9.17) is 0 Å². The van der Waals surface area contributed by atoms with Gasteiger partial charge in [0.05, 0.1) is 0 Å². The number of halogens is 2. The fourth-order valence-corrected chi connectivity index (χ4v) is 1.41. The SMILES string of the molecule is Cc1ccc(F)c(C(F)CNC(C)(C)C)c1. The first-order valence-electron chi connectivity index (χ1n) is 5.45. The fraction of sp³-hybridized carbons (Fsp3) is 0.538. The molecule has 0 fully saturated rings. The summed E-state index contributed by atoms with van der Waals surface area (Å²) >= 11 is 0. The highest BCUT2D eigenvalue weighted by Crippen LogP contribution is 2.22. The minimum atomic E-state index is -1.31. The minimum Gasteiger partial charge on any atom is -0.309 e. The van der Waals surface area contributed by atoms with Gasteiger partial charge >= 0.3 is 0 Å². The zero-order chi connectivity index (χ0) is 12.3. The number of hydrogen-bond acceptors (Lipinski definition) is 1. The van der Waals surface area contributed by atoms with Gasteiger partial charge < -0.3 is 5.32 Å². The number of hydrogen-bond donors (Lipinski definition) is 1. The van der Waals surface area contributed by atoms with Crippen molar-refractivity contribution in [3.63, 3.8) is 0 Å². The van der Waals surface area contributed by atoms with Crippen LogP contribution in [0.5, 0.6) is 0 Å². The average molecular weight is 227 g/mol. The smallest absolute Gasteiger partial charge is 0.140 e. The lowest BCUT2D eigenvalue weighted by Crippen LogP contribution is -2.38. The number of nitrogens with one attached hydrogen (secondary N) is 1. The van der Waals surface area contributed by atoms with Crippen LogP contribution >= 0.6 is 0 Å². The van der Waals surface area contributed by atoms with Crippen molar-refractivity contribution < 1.29 is 8.78 Å². The summed E-state index contributed by atoms with van der Waals surface area (Å²) in [5.74, 6) is -0.478. The van der Waals surface area contributed by atoms with Crippen LogP contribution in [0.15, 0.2) is 18.2 Å². The largest absolute Gasteiger partial charge is 0.309 e. The van der Waals surface area contributed by atoms with E-state index in [1.165, 1.54) is 6.07 Å². The summed E-state index contributed by atoms with van der Waals surface area (Å²) in [7, 11) is 0. The Hall–Kier alpha value is -0.960. The van der Waals surface area contributed by atoms with Gasteiger partial charge in [0.25, 0.3) is 0 Å². The van der Waals surface area contributed by atoms with Crippen molar-refractivity contribution in [1.29, 1.82) is 0 Å². The first-order valence-corrected chi connectivity index (χ1v) is 5.45. The van der Waals surface area contributed by atoms with Crippen LogP contribution in [0.3, 0.4) is 0 Å². The third kappa shape index (κ3) is 3.89. The zero-order valence-corrected chi connectivity index (χ0v) is 10.3. The molecular weight excluding hydrogens is 208 g/mol. The highest BCUT2D eigenvalue weighted by molar-refractivity contribution is 5.26. The van der Waals surface area contributed by atoms with Gasteiger partial charge in [-0.05, 0) is 33.8 Å². The molecule has 0 saturated heterocycles. The van der Waals surface area contributed by atoms with Crippen molar-refractivity contribution in [2.24, 2.45) is 0 Å². The van der Waals surface area contributed by atoms with Crippen molar-refractivity contribution in [2.45, 2.75) is 39.4 Å². The van der Waals surface area contributed by atoms with Crippen LogP contribution in [0.4, 0.5) is 8.78 Å². The molecule has 0 bridgehead atoms. The van der Waals surface area contributed by atoms with Crippen LogP contribution < -0.4 is 5.32 Å². The quantitative estimate of drug-likeness (QED) is 0.833. The summed E-state index contributed by atoms with van der Waals surface area (Å²) in [4.78, 5) is 0. The maximum absolute atomic E-state index is 13.8.